The van der Waals surface area contributed by atoms with Crippen LogP contribution in [-0.2, 0) is 4.74 Å². The van der Waals surface area contributed by atoms with Gasteiger partial charge in [-0.25, -0.2) is 4.98 Å². The zero-order chi connectivity index (χ0) is 14.4. The summed E-state index contributed by atoms with van der Waals surface area (Å²) in [6.07, 6.45) is 5.27. The van der Waals surface area contributed by atoms with Gasteiger partial charge in [0.2, 0.25) is 5.65 Å². The fourth-order valence-corrected chi connectivity index (χ4v) is 3.76. The van der Waals surface area contributed by atoms with E-state index in [9.17, 15) is 0 Å². The molecule has 0 unspecified atom stereocenters. The van der Waals surface area contributed by atoms with Crippen molar-refractivity contribution >= 4 is 27.4 Å². The molecule has 2 aromatic heterocycles. The Bertz CT molecular complexity index is 669. The van der Waals surface area contributed by atoms with E-state index in [2.05, 4.69) is 31.0 Å². The lowest BCUT2D eigenvalue weighted by molar-refractivity contribution is 0.133. The van der Waals surface area contributed by atoms with E-state index in [0.717, 1.165) is 48.1 Å². The molecule has 4 rings (SSSR count). The number of ether oxygens (including phenoxy) is 1. The highest BCUT2D eigenvalue weighted by molar-refractivity contribution is 9.10. The monoisotopic (exact) mass is 351 g/mol. The Kier molecular flexibility index (Phi) is 3.15. The predicted octanol–water partition coefficient (Wildman–Crippen LogP) is 2.20. The Morgan fingerprint density at radius 2 is 2.10 bits per heavy atom. The van der Waals surface area contributed by atoms with Crippen molar-refractivity contribution in [3.8, 4) is 0 Å². The van der Waals surface area contributed by atoms with Gasteiger partial charge in [-0.05, 0) is 47.5 Å². The molecule has 0 amide bonds. The van der Waals surface area contributed by atoms with Crippen LogP contribution >= 0.6 is 15.9 Å². The molecule has 2 aliphatic heterocycles. The summed E-state index contributed by atoms with van der Waals surface area (Å²) >= 11 is 3.55. The van der Waals surface area contributed by atoms with Gasteiger partial charge in [0.1, 0.15) is 10.9 Å². The van der Waals surface area contributed by atoms with E-state index in [1.165, 1.54) is 19.3 Å². The lowest BCUT2D eigenvalue weighted by Gasteiger charge is -2.38. The van der Waals surface area contributed by atoms with Crippen molar-refractivity contribution in [2.75, 3.05) is 31.2 Å². The summed E-state index contributed by atoms with van der Waals surface area (Å²) in [6, 6.07) is 0. The number of rotatable bonds is 1. The van der Waals surface area contributed by atoms with E-state index in [1.54, 1.807) is 6.33 Å². The molecule has 0 N–H and O–H groups in total. The Labute approximate surface area is 131 Å². The molecule has 7 heteroatoms. The number of aryl methyl sites for hydroxylation is 1. The molecule has 0 radical (unpaired) electrons. The molecule has 6 nitrogen and oxygen atoms in total. The Hall–Kier alpha value is -1.21. The van der Waals surface area contributed by atoms with Crippen LogP contribution in [0.4, 0.5) is 5.82 Å². The quantitative estimate of drug-likeness (QED) is 0.788. The van der Waals surface area contributed by atoms with Gasteiger partial charge in [-0.3, -0.25) is 4.40 Å². The van der Waals surface area contributed by atoms with E-state index >= 15 is 0 Å². The van der Waals surface area contributed by atoms with Gasteiger partial charge in [0.25, 0.3) is 0 Å². The molecule has 0 saturated carbocycles. The van der Waals surface area contributed by atoms with Gasteiger partial charge in [-0.15, -0.1) is 10.2 Å². The first-order valence-corrected chi connectivity index (χ1v) is 8.16. The maximum absolute atomic E-state index is 5.60. The highest BCUT2D eigenvalue weighted by Crippen LogP contribution is 2.40. The molecule has 4 heterocycles. The summed E-state index contributed by atoms with van der Waals surface area (Å²) in [5.41, 5.74) is 2.19. The van der Waals surface area contributed by atoms with E-state index in [4.69, 9.17) is 9.72 Å². The fraction of sp³-hybridized carbons (Fsp3) is 0.643. The number of hydrogen-bond acceptors (Lipinski definition) is 5. The second-order valence-corrected chi connectivity index (χ2v) is 6.88. The number of anilines is 1. The van der Waals surface area contributed by atoms with Crippen LogP contribution in [0.15, 0.2) is 10.9 Å². The van der Waals surface area contributed by atoms with Gasteiger partial charge in [-0.1, -0.05) is 0 Å². The molecule has 0 bridgehead atoms. The first-order valence-electron chi connectivity index (χ1n) is 7.37. The summed E-state index contributed by atoms with van der Waals surface area (Å²) in [6.45, 7) is 5.88. The highest BCUT2D eigenvalue weighted by Gasteiger charge is 2.38. The molecule has 0 atom stereocenters. The van der Waals surface area contributed by atoms with Crippen LogP contribution in [0, 0.1) is 12.3 Å². The molecule has 2 aliphatic rings. The van der Waals surface area contributed by atoms with Crippen molar-refractivity contribution in [1.29, 1.82) is 0 Å². The molecular weight excluding hydrogens is 334 g/mol. The maximum Gasteiger partial charge on any atom is 0.204 e. The van der Waals surface area contributed by atoms with E-state index in [-0.39, 0.29) is 0 Å². The van der Waals surface area contributed by atoms with Gasteiger partial charge in [0, 0.05) is 19.7 Å². The number of aromatic nitrogens is 4. The van der Waals surface area contributed by atoms with Crippen LogP contribution in [0.3, 0.4) is 0 Å². The van der Waals surface area contributed by atoms with E-state index < -0.39 is 0 Å². The summed E-state index contributed by atoms with van der Waals surface area (Å²) < 4.78 is 8.48. The third-order valence-corrected chi connectivity index (χ3v) is 5.80. The minimum Gasteiger partial charge on any atom is -0.381 e. The smallest absolute Gasteiger partial charge is 0.204 e. The largest absolute Gasteiger partial charge is 0.381 e. The molecule has 21 heavy (non-hydrogen) atoms. The number of fused-ring (bicyclic) bond motifs is 1. The Morgan fingerprint density at radius 3 is 2.81 bits per heavy atom. The van der Waals surface area contributed by atoms with Gasteiger partial charge < -0.3 is 9.64 Å². The summed E-state index contributed by atoms with van der Waals surface area (Å²) in [5.74, 6) is 0.946. The zero-order valence-electron chi connectivity index (χ0n) is 12.0. The molecule has 2 fully saturated rings. The predicted molar refractivity (Wildman–Crippen MR) is 82.5 cm³/mol. The van der Waals surface area contributed by atoms with Crippen LogP contribution in [0.2, 0.25) is 0 Å². The molecule has 0 aromatic carbocycles. The van der Waals surface area contributed by atoms with E-state index in [0.29, 0.717) is 5.41 Å². The molecule has 2 saturated heterocycles. The number of nitrogens with zero attached hydrogens (tertiary/aromatic N) is 5. The lowest BCUT2D eigenvalue weighted by atomic mass is 9.78. The van der Waals surface area contributed by atoms with Crippen molar-refractivity contribution in [1.82, 2.24) is 19.6 Å². The SMILES string of the molecule is Cc1nc(N2CCC3(CCOC3)CC2)c2nncn2c1Br. The number of halogens is 1. The normalized spacial score (nSPS) is 21.5. The third kappa shape index (κ3) is 2.14. The zero-order valence-corrected chi connectivity index (χ0v) is 13.6. The average Bonchev–Trinajstić information content (AvgIpc) is 3.14. The molecular formula is C14H18BrN5O. The van der Waals surface area contributed by atoms with Crippen molar-refractivity contribution < 1.29 is 4.74 Å². The fourth-order valence-electron chi connectivity index (χ4n) is 3.41. The van der Waals surface area contributed by atoms with Gasteiger partial charge in [0.15, 0.2) is 5.82 Å². The Morgan fingerprint density at radius 1 is 1.29 bits per heavy atom. The van der Waals surface area contributed by atoms with Gasteiger partial charge >= 0.3 is 0 Å². The number of piperidine rings is 1. The summed E-state index contributed by atoms with van der Waals surface area (Å²) in [7, 11) is 0. The first kappa shape index (κ1) is 13.5. The minimum absolute atomic E-state index is 0.408. The average molecular weight is 352 g/mol. The number of hydrogen-bond donors (Lipinski definition) is 0. The van der Waals surface area contributed by atoms with E-state index in [1.807, 2.05) is 11.3 Å². The second kappa shape index (κ2) is 4.91. The minimum atomic E-state index is 0.408. The first-order chi connectivity index (χ1) is 10.2. The standard InChI is InChI=1S/C14H18BrN5O/c1-10-11(15)20-9-16-18-13(20)12(17-10)19-5-2-14(3-6-19)4-7-21-8-14/h9H,2-8H2,1H3. The van der Waals surface area contributed by atoms with Crippen LogP contribution in [0.1, 0.15) is 25.0 Å². The summed E-state index contributed by atoms with van der Waals surface area (Å²) in [4.78, 5) is 7.08. The van der Waals surface area contributed by atoms with Crippen LogP contribution in [-0.4, -0.2) is 45.9 Å². The Balaban J connectivity index is 1.65. The van der Waals surface area contributed by atoms with Crippen molar-refractivity contribution in [2.45, 2.75) is 26.2 Å². The molecule has 0 aliphatic carbocycles. The summed E-state index contributed by atoms with van der Waals surface area (Å²) in [5, 5.41) is 8.26. The van der Waals surface area contributed by atoms with Crippen molar-refractivity contribution in [2.24, 2.45) is 5.41 Å². The maximum atomic E-state index is 5.60. The van der Waals surface area contributed by atoms with Crippen LogP contribution in [0.25, 0.3) is 5.65 Å². The van der Waals surface area contributed by atoms with Gasteiger partial charge in [-0.2, -0.15) is 0 Å². The second-order valence-electron chi connectivity index (χ2n) is 6.13. The van der Waals surface area contributed by atoms with Crippen LogP contribution in [0.5, 0.6) is 0 Å². The molecule has 2 aromatic rings. The highest BCUT2D eigenvalue weighted by atomic mass is 79.9. The molecule has 112 valence electrons. The van der Waals surface area contributed by atoms with Crippen LogP contribution < -0.4 is 4.90 Å². The van der Waals surface area contributed by atoms with Gasteiger partial charge in [0.05, 0.1) is 12.3 Å². The topological polar surface area (TPSA) is 55.5 Å². The van der Waals surface area contributed by atoms with Crippen molar-refractivity contribution in [3.63, 3.8) is 0 Å². The lowest BCUT2D eigenvalue weighted by Crippen LogP contribution is -2.41. The van der Waals surface area contributed by atoms with Crippen molar-refractivity contribution in [3.05, 3.63) is 16.6 Å². The molecule has 1 spiro atoms. The third-order valence-electron chi connectivity index (χ3n) is 4.84.